The first kappa shape index (κ1) is 14.2. The van der Waals surface area contributed by atoms with E-state index in [1.165, 1.54) is 6.07 Å². The first-order chi connectivity index (χ1) is 9.86. The zero-order chi connectivity index (χ0) is 15.6. The summed E-state index contributed by atoms with van der Waals surface area (Å²) in [4.78, 5) is 22.8. The van der Waals surface area contributed by atoms with Crippen molar-refractivity contribution in [3.8, 4) is 17.2 Å². The van der Waals surface area contributed by atoms with Crippen molar-refractivity contribution < 1.29 is 30.0 Å². The highest BCUT2D eigenvalue weighted by Crippen LogP contribution is 2.26. The number of nitrogens with one attached hydrogen (secondary N) is 1. The topological polar surface area (TPSA) is 127 Å². The Balaban J connectivity index is 2.31. The van der Waals surface area contributed by atoms with E-state index in [2.05, 4.69) is 5.32 Å². The molecule has 1 amide bonds. The molecule has 2 rings (SSSR count). The summed E-state index contributed by atoms with van der Waals surface area (Å²) >= 11 is 0. The van der Waals surface area contributed by atoms with Gasteiger partial charge in [-0.3, -0.25) is 4.79 Å². The number of rotatable bonds is 3. The molecule has 7 heteroatoms. The van der Waals surface area contributed by atoms with E-state index < -0.39 is 11.9 Å². The highest BCUT2D eigenvalue weighted by atomic mass is 16.4. The van der Waals surface area contributed by atoms with Gasteiger partial charge in [0.05, 0.1) is 11.3 Å². The van der Waals surface area contributed by atoms with Crippen LogP contribution in [0.2, 0.25) is 0 Å². The number of anilines is 1. The molecule has 0 saturated carbocycles. The lowest BCUT2D eigenvalue weighted by Gasteiger charge is -2.09. The van der Waals surface area contributed by atoms with Gasteiger partial charge in [-0.15, -0.1) is 0 Å². The Morgan fingerprint density at radius 2 is 1.48 bits per heavy atom. The first-order valence-electron chi connectivity index (χ1n) is 5.77. The van der Waals surface area contributed by atoms with Gasteiger partial charge in [0, 0.05) is 11.6 Å². The number of carboxylic acid groups (broad SMARTS) is 1. The van der Waals surface area contributed by atoms with E-state index in [0.29, 0.717) is 0 Å². The third-order valence-electron chi connectivity index (χ3n) is 2.66. The van der Waals surface area contributed by atoms with Crippen molar-refractivity contribution in [1.29, 1.82) is 0 Å². The summed E-state index contributed by atoms with van der Waals surface area (Å²) in [6.45, 7) is 0. The standard InChI is InChI=1S/C14H11NO6/c16-9-3-8(4-10(17)6-9)13(19)15-11-5-7(14(20)21)1-2-12(11)18/h1-6,16-18H,(H,15,19)(H,20,21). The Bertz CT molecular complexity index is 705. The molecule has 0 spiro atoms. The van der Waals surface area contributed by atoms with Crippen LogP contribution in [0.3, 0.4) is 0 Å². The number of carboxylic acids is 1. The van der Waals surface area contributed by atoms with E-state index >= 15 is 0 Å². The number of phenolic OH excluding ortho intramolecular Hbond substituents is 3. The summed E-state index contributed by atoms with van der Waals surface area (Å²) in [7, 11) is 0. The number of aromatic hydroxyl groups is 3. The van der Waals surface area contributed by atoms with Crippen LogP contribution in [0.25, 0.3) is 0 Å². The largest absolute Gasteiger partial charge is 0.508 e. The Hall–Kier alpha value is -3.22. The molecule has 2 aromatic rings. The maximum absolute atomic E-state index is 12.0. The molecular weight excluding hydrogens is 278 g/mol. The van der Waals surface area contributed by atoms with Gasteiger partial charge in [-0.2, -0.15) is 0 Å². The van der Waals surface area contributed by atoms with E-state index in [4.69, 9.17) is 5.11 Å². The molecule has 0 saturated heterocycles. The van der Waals surface area contributed by atoms with Gasteiger partial charge in [-0.05, 0) is 30.3 Å². The Morgan fingerprint density at radius 3 is 2.05 bits per heavy atom. The quantitative estimate of drug-likeness (QED) is 0.548. The lowest BCUT2D eigenvalue weighted by molar-refractivity contribution is 0.0696. The molecule has 0 aliphatic heterocycles. The van der Waals surface area contributed by atoms with Gasteiger partial charge in [-0.25, -0.2) is 4.79 Å². The van der Waals surface area contributed by atoms with Gasteiger partial charge in [0.15, 0.2) is 0 Å². The number of hydrogen-bond donors (Lipinski definition) is 5. The number of phenols is 3. The first-order valence-corrected chi connectivity index (χ1v) is 5.77. The fourth-order valence-electron chi connectivity index (χ4n) is 1.69. The molecule has 5 N–H and O–H groups in total. The SMILES string of the molecule is O=C(O)c1ccc(O)c(NC(=O)c2cc(O)cc(O)c2)c1. The van der Waals surface area contributed by atoms with E-state index in [1.807, 2.05) is 0 Å². The van der Waals surface area contributed by atoms with E-state index in [1.54, 1.807) is 0 Å². The molecule has 7 nitrogen and oxygen atoms in total. The third-order valence-corrected chi connectivity index (χ3v) is 2.66. The molecule has 21 heavy (non-hydrogen) atoms. The molecule has 0 atom stereocenters. The molecule has 0 unspecified atom stereocenters. The van der Waals surface area contributed by atoms with Crippen molar-refractivity contribution >= 4 is 17.6 Å². The number of hydrogen-bond acceptors (Lipinski definition) is 5. The van der Waals surface area contributed by atoms with Gasteiger partial charge in [0.2, 0.25) is 0 Å². The van der Waals surface area contributed by atoms with Crippen LogP contribution in [0.5, 0.6) is 17.2 Å². The molecule has 0 aliphatic rings. The summed E-state index contributed by atoms with van der Waals surface area (Å²) in [6, 6.07) is 6.71. The molecule has 0 radical (unpaired) electrons. The highest BCUT2D eigenvalue weighted by molar-refractivity contribution is 6.06. The summed E-state index contributed by atoms with van der Waals surface area (Å²) in [6.07, 6.45) is 0. The van der Waals surface area contributed by atoms with Crippen LogP contribution in [0, 0.1) is 0 Å². The van der Waals surface area contributed by atoms with Crippen LogP contribution >= 0.6 is 0 Å². The lowest BCUT2D eigenvalue weighted by Crippen LogP contribution is -2.12. The van der Waals surface area contributed by atoms with Crippen LogP contribution in [0.15, 0.2) is 36.4 Å². The average Bonchev–Trinajstić information content (AvgIpc) is 2.39. The molecule has 2 aromatic carbocycles. The van der Waals surface area contributed by atoms with E-state index in [0.717, 1.165) is 30.3 Å². The molecule has 0 aromatic heterocycles. The maximum Gasteiger partial charge on any atom is 0.335 e. The van der Waals surface area contributed by atoms with Gasteiger partial charge in [0.1, 0.15) is 17.2 Å². The van der Waals surface area contributed by atoms with Gasteiger partial charge in [-0.1, -0.05) is 0 Å². The molecular formula is C14H11NO6. The van der Waals surface area contributed by atoms with Crippen molar-refractivity contribution in [2.24, 2.45) is 0 Å². The number of carbonyl (C=O) groups excluding carboxylic acids is 1. The van der Waals surface area contributed by atoms with Gasteiger partial charge in [0.25, 0.3) is 5.91 Å². The van der Waals surface area contributed by atoms with Gasteiger partial charge >= 0.3 is 5.97 Å². The van der Waals surface area contributed by atoms with E-state index in [-0.39, 0.29) is 34.1 Å². The summed E-state index contributed by atoms with van der Waals surface area (Å²) in [5, 5.41) is 39.4. The Labute approximate surface area is 118 Å². The average molecular weight is 289 g/mol. The third kappa shape index (κ3) is 3.21. The molecule has 0 bridgehead atoms. The second-order valence-corrected chi connectivity index (χ2v) is 4.23. The minimum Gasteiger partial charge on any atom is -0.508 e. The fraction of sp³-hybridized carbons (Fsp3) is 0. The van der Waals surface area contributed by atoms with Crippen molar-refractivity contribution in [2.75, 3.05) is 5.32 Å². The molecule has 0 fully saturated rings. The summed E-state index contributed by atoms with van der Waals surface area (Å²) in [5.74, 6) is -2.84. The smallest absolute Gasteiger partial charge is 0.335 e. The number of carbonyl (C=O) groups is 2. The van der Waals surface area contributed by atoms with Crippen LogP contribution in [-0.4, -0.2) is 32.3 Å². The zero-order valence-electron chi connectivity index (χ0n) is 10.6. The predicted molar refractivity (Wildman–Crippen MR) is 72.8 cm³/mol. The van der Waals surface area contributed by atoms with Crippen molar-refractivity contribution in [3.05, 3.63) is 47.5 Å². The van der Waals surface area contributed by atoms with Crippen molar-refractivity contribution in [1.82, 2.24) is 0 Å². The van der Waals surface area contributed by atoms with Crippen molar-refractivity contribution in [2.45, 2.75) is 0 Å². The maximum atomic E-state index is 12.0. The number of benzene rings is 2. The van der Waals surface area contributed by atoms with Crippen molar-refractivity contribution in [3.63, 3.8) is 0 Å². The van der Waals surface area contributed by atoms with Crippen LogP contribution in [0.4, 0.5) is 5.69 Å². The lowest BCUT2D eigenvalue weighted by atomic mass is 10.1. The minimum atomic E-state index is -1.21. The second kappa shape index (κ2) is 5.41. The van der Waals surface area contributed by atoms with Crippen LogP contribution in [0.1, 0.15) is 20.7 Å². The summed E-state index contributed by atoms with van der Waals surface area (Å²) < 4.78 is 0. The minimum absolute atomic E-state index is 0.0485. The normalized spacial score (nSPS) is 10.1. The Kier molecular flexibility index (Phi) is 3.66. The number of amides is 1. The second-order valence-electron chi connectivity index (χ2n) is 4.23. The highest BCUT2D eigenvalue weighted by Gasteiger charge is 2.13. The molecule has 0 aliphatic carbocycles. The monoisotopic (exact) mass is 289 g/mol. The fourth-order valence-corrected chi connectivity index (χ4v) is 1.69. The Morgan fingerprint density at radius 1 is 0.857 bits per heavy atom. The summed E-state index contributed by atoms with van der Waals surface area (Å²) in [5.41, 5.74) is -0.253. The predicted octanol–water partition coefficient (Wildman–Crippen LogP) is 1.75. The molecule has 108 valence electrons. The van der Waals surface area contributed by atoms with Crippen LogP contribution < -0.4 is 5.32 Å². The van der Waals surface area contributed by atoms with E-state index in [9.17, 15) is 24.9 Å². The van der Waals surface area contributed by atoms with Gasteiger partial charge < -0.3 is 25.7 Å². The van der Waals surface area contributed by atoms with Crippen LogP contribution in [-0.2, 0) is 0 Å². The molecule has 0 heterocycles. The number of aromatic carboxylic acids is 1. The zero-order valence-corrected chi connectivity index (χ0v) is 10.6.